The number of hydrogen-bond donors (Lipinski definition) is 1. The van der Waals surface area contributed by atoms with Gasteiger partial charge >= 0.3 is 5.97 Å². The molecule has 94 valence electrons. The first kappa shape index (κ1) is 12.3. The molecule has 0 unspecified atom stereocenters. The molecular weight excluding hydrogens is 230 g/mol. The molecule has 18 heavy (non-hydrogen) atoms. The van der Waals surface area contributed by atoms with Gasteiger partial charge in [0, 0.05) is 5.56 Å². The smallest absolute Gasteiger partial charge is 0.375 e. The van der Waals surface area contributed by atoms with Crippen molar-refractivity contribution in [3.8, 4) is 11.4 Å². The number of aromatic amines is 1. The summed E-state index contributed by atoms with van der Waals surface area (Å²) in [7, 11) is 0. The molecule has 0 saturated heterocycles. The monoisotopic (exact) mass is 245 g/mol. The molecule has 0 fully saturated rings. The van der Waals surface area contributed by atoms with Crippen LogP contribution in [0.1, 0.15) is 30.0 Å². The Bertz CT molecular complexity index is 531. The molecule has 2 rings (SSSR count). The summed E-state index contributed by atoms with van der Waals surface area (Å²) in [5.74, 6) is 0.147. The number of benzene rings is 1. The molecule has 1 aromatic heterocycles. The third kappa shape index (κ3) is 2.56. The van der Waals surface area contributed by atoms with Gasteiger partial charge in [-0.1, -0.05) is 31.2 Å². The summed E-state index contributed by atoms with van der Waals surface area (Å²) in [6.07, 6.45) is 0.988. The van der Waals surface area contributed by atoms with E-state index in [0.29, 0.717) is 12.4 Å². The number of nitrogens with zero attached hydrogens (tertiary/aromatic N) is 2. The van der Waals surface area contributed by atoms with Crippen molar-refractivity contribution in [2.75, 3.05) is 6.61 Å². The summed E-state index contributed by atoms with van der Waals surface area (Å²) in [6, 6.07) is 7.93. The Morgan fingerprint density at radius 1 is 1.28 bits per heavy atom. The lowest BCUT2D eigenvalue weighted by Gasteiger charge is -1.98. The zero-order chi connectivity index (χ0) is 13.0. The Morgan fingerprint density at radius 3 is 2.61 bits per heavy atom. The molecule has 0 bridgehead atoms. The second kappa shape index (κ2) is 5.44. The van der Waals surface area contributed by atoms with Crippen LogP contribution in [-0.2, 0) is 11.2 Å². The molecule has 1 heterocycles. The van der Waals surface area contributed by atoms with Crippen LogP contribution < -0.4 is 0 Å². The molecule has 0 radical (unpaired) electrons. The van der Waals surface area contributed by atoms with Gasteiger partial charge in [0.05, 0.1) is 6.61 Å². The van der Waals surface area contributed by atoms with Gasteiger partial charge in [-0.15, -0.1) is 0 Å². The van der Waals surface area contributed by atoms with Crippen LogP contribution in [0, 0.1) is 0 Å². The van der Waals surface area contributed by atoms with Crippen molar-refractivity contribution in [3.05, 3.63) is 35.7 Å². The zero-order valence-electron chi connectivity index (χ0n) is 10.4. The van der Waals surface area contributed by atoms with Crippen LogP contribution >= 0.6 is 0 Å². The number of hydrogen-bond acceptors (Lipinski definition) is 4. The van der Waals surface area contributed by atoms with E-state index in [0.717, 1.165) is 12.0 Å². The lowest BCUT2D eigenvalue weighted by molar-refractivity contribution is 0.0512. The van der Waals surface area contributed by atoms with E-state index in [1.54, 1.807) is 6.92 Å². The fourth-order valence-electron chi connectivity index (χ4n) is 1.57. The molecule has 1 N–H and O–H groups in total. The maximum absolute atomic E-state index is 11.4. The molecule has 5 heteroatoms. The summed E-state index contributed by atoms with van der Waals surface area (Å²) in [5.41, 5.74) is 2.12. The van der Waals surface area contributed by atoms with Gasteiger partial charge in [-0.2, -0.15) is 5.10 Å². The van der Waals surface area contributed by atoms with E-state index in [-0.39, 0.29) is 5.82 Å². The van der Waals surface area contributed by atoms with Crippen LogP contribution in [0.2, 0.25) is 0 Å². The molecule has 0 saturated carbocycles. The van der Waals surface area contributed by atoms with E-state index in [9.17, 15) is 4.79 Å². The Morgan fingerprint density at radius 2 is 2.00 bits per heavy atom. The normalized spacial score (nSPS) is 10.3. The number of H-pyrrole nitrogens is 1. The highest BCUT2D eigenvalue weighted by atomic mass is 16.5. The first-order valence-corrected chi connectivity index (χ1v) is 5.93. The number of rotatable bonds is 4. The fourth-order valence-corrected chi connectivity index (χ4v) is 1.57. The first-order valence-electron chi connectivity index (χ1n) is 5.93. The molecule has 0 aliphatic heterocycles. The molecule has 1 aromatic carbocycles. The molecule has 2 aromatic rings. The second-order valence-corrected chi connectivity index (χ2v) is 3.78. The van der Waals surface area contributed by atoms with E-state index in [2.05, 4.69) is 22.1 Å². The highest BCUT2D eigenvalue weighted by molar-refractivity contribution is 5.85. The molecule has 5 nitrogen and oxygen atoms in total. The number of aromatic nitrogens is 3. The number of esters is 1. The SMILES string of the molecule is CCOC(=O)c1nc(-c2ccc(CC)cc2)n[nH]1. The van der Waals surface area contributed by atoms with Crippen molar-refractivity contribution in [2.24, 2.45) is 0 Å². The summed E-state index contributed by atoms with van der Waals surface area (Å²) >= 11 is 0. The van der Waals surface area contributed by atoms with Crippen molar-refractivity contribution >= 4 is 5.97 Å². The van der Waals surface area contributed by atoms with Gasteiger partial charge in [0.2, 0.25) is 5.82 Å². The molecular formula is C13H15N3O2. The van der Waals surface area contributed by atoms with Crippen LogP contribution in [0.3, 0.4) is 0 Å². The Balaban J connectivity index is 2.20. The second-order valence-electron chi connectivity index (χ2n) is 3.78. The highest BCUT2D eigenvalue weighted by Gasteiger charge is 2.13. The minimum absolute atomic E-state index is 0.131. The zero-order valence-corrected chi connectivity index (χ0v) is 10.4. The Kier molecular flexibility index (Phi) is 3.72. The van der Waals surface area contributed by atoms with Gasteiger partial charge in [-0.25, -0.2) is 9.78 Å². The average molecular weight is 245 g/mol. The van der Waals surface area contributed by atoms with Gasteiger partial charge in [0.1, 0.15) is 0 Å². The fraction of sp³-hybridized carbons (Fsp3) is 0.308. The maximum atomic E-state index is 11.4. The van der Waals surface area contributed by atoms with E-state index >= 15 is 0 Å². The highest BCUT2D eigenvalue weighted by Crippen LogP contribution is 2.15. The Hall–Kier alpha value is -2.17. The van der Waals surface area contributed by atoms with Gasteiger partial charge < -0.3 is 4.74 Å². The quantitative estimate of drug-likeness (QED) is 0.838. The lowest BCUT2D eigenvalue weighted by atomic mass is 10.1. The topological polar surface area (TPSA) is 67.9 Å². The van der Waals surface area contributed by atoms with Gasteiger partial charge in [0.25, 0.3) is 0 Å². The summed E-state index contributed by atoms with van der Waals surface area (Å²) in [4.78, 5) is 15.5. The summed E-state index contributed by atoms with van der Waals surface area (Å²) < 4.78 is 4.84. The first-order chi connectivity index (χ1) is 8.74. The van der Waals surface area contributed by atoms with Crippen LogP contribution in [0.15, 0.2) is 24.3 Å². The molecule has 0 atom stereocenters. The van der Waals surface area contributed by atoms with E-state index in [4.69, 9.17) is 4.74 Å². The number of ether oxygens (including phenoxy) is 1. The summed E-state index contributed by atoms with van der Waals surface area (Å²) in [5, 5.41) is 6.59. The average Bonchev–Trinajstić information content (AvgIpc) is 2.89. The third-order valence-electron chi connectivity index (χ3n) is 2.57. The third-order valence-corrected chi connectivity index (χ3v) is 2.57. The number of nitrogens with one attached hydrogen (secondary N) is 1. The van der Waals surface area contributed by atoms with Crippen molar-refractivity contribution in [1.82, 2.24) is 15.2 Å². The number of carbonyl (C=O) groups excluding carboxylic acids is 1. The van der Waals surface area contributed by atoms with E-state index in [1.807, 2.05) is 24.3 Å². The molecule has 0 spiro atoms. The van der Waals surface area contributed by atoms with Crippen LogP contribution in [0.4, 0.5) is 0 Å². The molecule has 0 aliphatic carbocycles. The van der Waals surface area contributed by atoms with Gasteiger partial charge in [0.15, 0.2) is 5.82 Å². The largest absolute Gasteiger partial charge is 0.460 e. The van der Waals surface area contributed by atoms with Gasteiger partial charge in [-0.05, 0) is 18.9 Å². The standard InChI is InChI=1S/C13H15N3O2/c1-3-9-5-7-10(8-6-9)11-14-12(16-15-11)13(17)18-4-2/h5-8H,3-4H2,1-2H3,(H,14,15,16). The minimum atomic E-state index is -0.485. The minimum Gasteiger partial charge on any atom is -0.460 e. The van der Waals surface area contributed by atoms with Crippen molar-refractivity contribution in [3.63, 3.8) is 0 Å². The molecule has 0 amide bonds. The van der Waals surface area contributed by atoms with Crippen LogP contribution in [-0.4, -0.2) is 27.8 Å². The predicted octanol–water partition coefficient (Wildman–Crippen LogP) is 2.21. The maximum Gasteiger partial charge on any atom is 0.375 e. The molecule has 0 aliphatic rings. The predicted molar refractivity (Wildman–Crippen MR) is 67.2 cm³/mol. The number of aryl methyl sites for hydroxylation is 1. The van der Waals surface area contributed by atoms with Crippen LogP contribution in [0.25, 0.3) is 11.4 Å². The van der Waals surface area contributed by atoms with Crippen LogP contribution in [0.5, 0.6) is 0 Å². The van der Waals surface area contributed by atoms with Crippen molar-refractivity contribution < 1.29 is 9.53 Å². The number of carbonyl (C=O) groups is 1. The van der Waals surface area contributed by atoms with E-state index < -0.39 is 5.97 Å². The van der Waals surface area contributed by atoms with E-state index in [1.165, 1.54) is 5.56 Å². The summed E-state index contributed by atoms with van der Waals surface area (Å²) in [6.45, 7) is 4.17. The van der Waals surface area contributed by atoms with Crippen molar-refractivity contribution in [1.29, 1.82) is 0 Å². The van der Waals surface area contributed by atoms with Gasteiger partial charge in [-0.3, -0.25) is 5.10 Å². The van der Waals surface area contributed by atoms with Crippen molar-refractivity contribution in [2.45, 2.75) is 20.3 Å². The Labute approximate surface area is 105 Å². The lowest BCUT2D eigenvalue weighted by Crippen LogP contribution is -2.06.